The monoisotopic (exact) mass is 264 g/mol. The van der Waals surface area contributed by atoms with Gasteiger partial charge in [0.25, 0.3) is 5.91 Å². The third-order valence-corrected chi connectivity index (χ3v) is 3.28. The van der Waals surface area contributed by atoms with Crippen LogP contribution in [0.15, 0.2) is 18.2 Å². The zero-order valence-corrected chi connectivity index (χ0v) is 12.3. The summed E-state index contributed by atoms with van der Waals surface area (Å²) < 4.78 is 5.23. The molecule has 0 aromatic heterocycles. The summed E-state index contributed by atoms with van der Waals surface area (Å²) in [4.78, 5) is 14.3. The topological polar surface area (TPSA) is 41.6 Å². The van der Waals surface area contributed by atoms with Gasteiger partial charge in [0.1, 0.15) is 5.75 Å². The number of aryl methyl sites for hydroxylation is 1. The van der Waals surface area contributed by atoms with E-state index in [4.69, 9.17) is 4.74 Å². The second-order valence-electron chi connectivity index (χ2n) is 4.47. The number of hydrogen-bond acceptors (Lipinski definition) is 3. The summed E-state index contributed by atoms with van der Waals surface area (Å²) in [6, 6.07) is 5.50. The molecule has 1 rings (SSSR count). The number of nitrogens with one attached hydrogen (secondary N) is 1. The molecular weight excluding hydrogens is 240 g/mol. The summed E-state index contributed by atoms with van der Waals surface area (Å²) in [5, 5.41) is 2.93. The molecule has 0 radical (unpaired) electrons. The van der Waals surface area contributed by atoms with Crippen LogP contribution >= 0.6 is 0 Å². The maximum Gasteiger partial charge on any atom is 0.251 e. The number of rotatable bonds is 7. The second-order valence-corrected chi connectivity index (χ2v) is 4.47. The molecule has 1 aromatic carbocycles. The largest absolute Gasteiger partial charge is 0.496 e. The molecule has 4 heteroatoms. The Labute approximate surface area is 115 Å². The highest BCUT2D eigenvalue weighted by atomic mass is 16.5. The van der Waals surface area contributed by atoms with Gasteiger partial charge in [-0.15, -0.1) is 0 Å². The Bertz CT molecular complexity index is 415. The van der Waals surface area contributed by atoms with Gasteiger partial charge >= 0.3 is 0 Å². The normalized spacial score (nSPS) is 10.6. The quantitative estimate of drug-likeness (QED) is 0.820. The lowest BCUT2D eigenvalue weighted by molar-refractivity contribution is 0.0948. The zero-order valence-electron chi connectivity index (χ0n) is 12.3. The van der Waals surface area contributed by atoms with Crippen LogP contribution in [0.2, 0.25) is 0 Å². The molecule has 1 N–H and O–H groups in total. The number of hydrogen-bond donors (Lipinski definition) is 1. The summed E-state index contributed by atoms with van der Waals surface area (Å²) in [6.45, 7) is 9.75. The van der Waals surface area contributed by atoms with Gasteiger partial charge in [-0.05, 0) is 37.7 Å². The van der Waals surface area contributed by atoms with Gasteiger partial charge in [-0.1, -0.05) is 19.9 Å². The van der Waals surface area contributed by atoms with Crippen molar-refractivity contribution in [2.45, 2.75) is 20.8 Å². The van der Waals surface area contributed by atoms with E-state index in [1.165, 1.54) is 0 Å². The maximum atomic E-state index is 12.0. The lowest BCUT2D eigenvalue weighted by atomic mass is 10.1. The summed E-state index contributed by atoms with van der Waals surface area (Å²) in [6.07, 6.45) is 0. The first-order valence-electron chi connectivity index (χ1n) is 6.77. The van der Waals surface area contributed by atoms with Crippen molar-refractivity contribution >= 4 is 5.91 Å². The van der Waals surface area contributed by atoms with Crippen LogP contribution in [0.1, 0.15) is 29.8 Å². The van der Waals surface area contributed by atoms with Gasteiger partial charge in [0.05, 0.1) is 7.11 Å². The predicted molar refractivity (Wildman–Crippen MR) is 77.9 cm³/mol. The standard InChI is InChI=1S/C15H24N2O2/c1-5-17(6-2)10-9-16-15(18)13-8-7-12(3)14(11-13)19-4/h7-8,11H,5-6,9-10H2,1-4H3,(H,16,18). The highest BCUT2D eigenvalue weighted by molar-refractivity contribution is 5.94. The molecule has 0 unspecified atom stereocenters. The molecule has 1 aromatic rings. The van der Waals surface area contributed by atoms with E-state index in [-0.39, 0.29) is 5.91 Å². The first-order valence-corrected chi connectivity index (χ1v) is 6.77. The number of methoxy groups -OCH3 is 1. The van der Waals surface area contributed by atoms with Crippen molar-refractivity contribution in [2.75, 3.05) is 33.3 Å². The highest BCUT2D eigenvalue weighted by Gasteiger charge is 2.08. The molecule has 4 nitrogen and oxygen atoms in total. The van der Waals surface area contributed by atoms with Gasteiger partial charge in [-0.25, -0.2) is 0 Å². The van der Waals surface area contributed by atoms with Gasteiger partial charge in [0, 0.05) is 18.7 Å². The van der Waals surface area contributed by atoms with E-state index in [1.54, 1.807) is 13.2 Å². The fourth-order valence-corrected chi connectivity index (χ4v) is 1.93. The summed E-state index contributed by atoms with van der Waals surface area (Å²) >= 11 is 0. The molecule has 0 bridgehead atoms. The average Bonchev–Trinajstić information content (AvgIpc) is 2.44. The Morgan fingerprint density at radius 2 is 2.00 bits per heavy atom. The lowest BCUT2D eigenvalue weighted by Crippen LogP contribution is -2.34. The van der Waals surface area contributed by atoms with Crippen molar-refractivity contribution in [3.63, 3.8) is 0 Å². The van der Waals surface area contributed by atoms with Crippen molar-refractivity contribution in [2.24, 2.45) is 0 Å². The van der Waals surface area contributed by atoms with Crippen LogP contribution < -0.4 is 10.1 Å². The molecular formula is C15H24N2O2. The van der Waals surface area contributed by atoms with Crippen molar-refractivity contribution < 1.29 is 9.53 Å². The van der Waals surface area contributed by atoms with Crippen LogP contribution in [-0.4, -0.2) is 44.1 Å². The number of likely N-dealkylation sites (N-methyl/N-ethyl adjacent to an activating group) is 1. The average molecular weight is 264 g/mol. The van der Waals surface area contributed by atoms with E-state index < -0.39 is 0 Å². The van der Waals surface area contributed by atoms with Gasteiger partial charge in [0.15, 0.2) is 0 Å². The van der Waals surface area contributed by atoms with Gasteiger partial charge in [-0.2, -0.15) is 0 Å². The Morgan fingerprint density at radius 1 is 1.32 bits per heavy atom. The van der Waals surface area contributed by atoms with Crippen LogP contribution in [-0.2, 0) is 0 Å². The molecule has 0 atom stereocenters. The summed E-state index contributed by atoms with van der Waals surface area (Å²) in [5.41, 5.74) is 1.67. The SMILES string of the molecule is CCN(CC)CCNC(=O)c1ccc(C)c(OC)c1. The summed E-state index contributed by atoms with van der Waals surface area (Å²) in [7, 11) is 1.62. The molecule has 0 saturated heterocycles. The van der Waals surface area contributed by atoms with Crippen molar-refractivity contribution in [3.05, 3.63) is 29.3 Å². The van der Waals surface area contributed by atoms with Gasteiger partial charge in [0.2, 0.25) is 0 Å². The van der Waals surface area contributed by atoms with E-state index >= 15 is 0 Å². The van der Waals surface area contributed by atoms with E-state index in [1.807, 2.05) is 19.1 Å². The minimum Gasteiger partial charge on any atom is -0.496 e. The van der Waals surface area contributed by atoms with Crippen LogP contribution in [0.3, 0.4) is 0 Å². The summed E-state index contributed by atoms with van der Waals surface area (Å²) in [5.74, 6) is 0.696. The smallest absolute Gasteiger partial charge is 0.251 e. The van der Waals surface area contributed by atoms with Crippen molar-refractivity contribution in [1.29, 1.82) is 0 Å². The Balaban J connectivity index is 2.54. The Kier molecular flexibility index (Phi) is 6.36. The van der Waals surface area contributed by atoms with E-state index in [9.17, 15) is 4.79 Å². The molecule has 106 valence electrons. The van der Waals surface area contributed by atoms with Gasteiger partial charge < -0.3 is 15.0 Å². The van der Waals surface area contributed by atoms with Crippen molar-refractivity contribution in [3.8, 4) is 5.75 Å². The molecule has 0 heterocycles. The molecule has 0 aliphatic heterocycles. The number of carbonyl (C=O) groups excluding carboxylic acids is 1. The fraction of sp³-hybridized carbons (Fsp3) is 0.533. The molecule has 0 saturated carbocycles. The molecule has 1 amide bonds. The van der Waals surface area contributed by atoms with Crippen LogP contribution in [0.25, 0.3) is 0 Å². The van der Waals surface area contributed by atoms with Crippen molar-refractivity contribution in [1.82, 2.24) is 10.2 Å². The third kappa shape index (κ3) is 4.56. The molecule has 19 heavy (non-hydrogen) atoms. The van der Waals surface area contributed by atoms with Crippen LogP contribution in [0.5, 0.6) is 5.75 Å². The van der Waals surface area contributed by atoms with Gasteiger partial charge in [-0.3, -0.25) is 4.79 Å². The lowest BCUT2D eigenvalue weighted by Gasteiger charge is -2.18. The van der Waals surface area contributed by atoms with E-state index in [0.717, 1.165) is 30.9 Å². The minimum absolute atomic E-state index is 0.0505. The fourth-order valence-electron chi connectivity index (χ4n) is 1.93. The van der Waals surface area contributed by atoms with Crippen LogP contribution in [0, 0.1) is 6.92 Å². The number of amides is 1. The minimum atomic E-state index is -0.0505. The van der Waals surface area contributed by atoms with E-state index in [2.05, 4.69) is 24.1 Å². The first-order chi connectivity index (χ1) is 9.12. The highest BCUT2D eigenvalue weighted by Crippen LogP contribution is 2.18. The maximum absolute atomic E-state index is 12.0. The molecule has 0 spiro atoms. The zero-order chi connectivity index (χ0) is 14.3. The first kappa shape index (κ1) is 15.5. The number of ether oxygens (including phenoxy) is 1. The predicted octanol–water partition coefficient (Wildman–Crippen LogP) is 2.08. The number of benzene rings is 1. The van der Waals surface area contributed by atoms with E-state index in [0.29, 0.717) is 12.1 Å². The molecule has 0 aliphatic rings. The second kappa shape index (κ2) is 7.79. The number of nitrogens with zero attached hydrogens (tertiary/aromatic N) is 1. The Morgan fingerprint density at radius 3 is 2.58 bits per heavy atom. The van der Waals surface area contributed by atoms with Crippen LogP contribution in [0.4, 0.5) is 0 Å². The Hall–Kier alpha value is -1.55. The third-order valence-electron chi connectivity index (χ3n) is 3.28. The molecule has 0 fully saturated rings. The number of carbonyl (C=O) groups is 1. The molecule has 0 aliphatic carbocycles.